The molecule has 0 radical (unpaired) electrons. The highest BCUT2D eigenvalue weighted by Crippen LogP contribution is 2.58. The van der Waals surface area contributed by atoms with Crippen LogP contribution in [0.2, 0.25) is 0 Å². The van der Waals surface area contributed by atoms with Crippen molar-refractivity contribution in [3.05, 3.63) is 12.7 Å². The van der Waals surface area contributed by atoms with Crippen molar-refractivity contribution in [3.8, 4) is 0 Å². The van der Waals surface area contributed by atoms with Crippen LogP contribution in [0.3, 0.4) is 0 Å². The first kappa shape index (κ1) is 17.9. The number of carbonyl (C=O) groups excluding carboxylic acids is 2. The molecule has 3 aliphatic rings. The second kappa shape index (κ2) is 6.78. The van der Waals surface area contributed by atoms with E-state index in [-0.39, 0.29) is 36.1 Å². The molecule has 1 saturated heterocycles. The Kier molecular flexibility index (Phi) is 5.06. The zero-order chi connectivity index (χ0) is 17.5. The summed E-state index contributed by atoms with van der Waals surface area (Å²) in [6.45, 7) is 5.25. The lowest BCUT2D eigenvalue weighted by Crippen LogP contribution is -2.42. The molecule has 6 atom stereocenters. The van der Waals surface area contributed by atoms with E-state index in [4.69, 9.17) is 13.7 Å². The fourth-order valence-corrected chi connectivity index (χ4v) is 6.75. The lowest BCUT2D eigenvalue weighted by atomic mass is 9.86. The van der Waals surface area contributed by atoms with Crippen LogP contribution in [0.15, 0.2) is 12.7 Å². The van der Waals surface area contributed by atoms with Crippen molar-refractivity contribution in [2.75, 3.05) is 19.0 Å². The molecule has 2 aliphatic carbocycles. The van der Waals surface area contributed by atoms with Gasteiger partial charge in [0, 0.05) is 17.6 Å². The van der Waals surface area contributed by atoms with Gasteiger partial charge in [0.05, 0.1) is 11.9 Å². The smallest absolute Gasteiger partial charge is 0.332 e. The SMILES string of the molecule is C=CC(=O)SCCOCC(=O)OC1C2CC3C1OS(=O)(=O)C3C2C. The van der Waals surface area contributed by atoms with Gasteiger partial charge in [0.2, 0.25) is 5.12 Å². The summed E-state index contributed by atoms with van der Waals surface area (Å²) in [6.07, 6.45) is 0.866. The predicted octanol–water partition coefficient (Wildman–Crippen LogP) is 0.744. The molecule has 0 spiro atoms. The van der Waals surface area contributed by atoms with Gasteiger partial charge in [-0.1, -0.05) is 25.3 Å². The van der Waals surface area contributed by atoms with Gasteiger partial charge in [-0.15, -0.1) is 0 Å². The highest BCUT2D eigenvalue weighted by atomic mass is 32.2. The Bertz CT molecular complexity index is 644. The van der Waals surface area contributed by atoms with E-state index in [2.05, 4.69) is 6.58 Å². The Hall–Kier alpha value is -0.900. The zero-order valence-corrected chi connectivity index (χ0v) is 14.9. The molecule has 134 valence electrons. The van der Waals surface area contributed by atoms with E-state index in [9.17, 15) is 18.0 Å². The molecule has 7 nitrogen and oxygen atoms in total. The van der Waals surface area contributed by atoms with Gasteiger partial charge < -0.3 is 9.47 Å². The van der Waals surface area contributed by atoms with Crippen molar-refractivity contribution in [2.45, 2.75) is 30.8 Å². The first-order valence-corrected chi connectivity index (χ1v) is 10.3. The number of ether oxygens (including phenoxy) is 2. The standard InChI is InChI=1S/C15H20O7S2/c1-3-12(17)23-5-4-20-7-11(16)21-13-9-6-10-14(13)22-24(18,19)15(10)8(9)2/h3,8-10,13-15H,1,4-7H2,2H3. The third-order valence-corrected chi connectivity index (χ3v) is 7.79. The lowest BCUT2D eigenvalue weighted by molar-refractivity contribution is -0.162. The fourth-order valence-electron chi connectivity index (χ4n) is 4.12. The second-order valence-electron chi connectivity index (χ2n) is 6.32. The topological polar surface area (TPSA) is 96.0 Å². The summed E-state index contributed by atoms with van der Waals surface area (Å²) in [4.78, 5) is 22.9. The number of fused-ring (bicyclic) bond motifs is 1. The van der Waals surface area contributed by atoms with Crippen LogP contribution in [0.1, 0.15) is 13.3 Å². The maximum atomic E-state index is 12.0. The van der Waals surface area contributed by atoms with E-state index in [1.54, 1.807) is 0 Å². The fraction of sp³-hybridized carbons (Fsp3) is 0.733. The molecule has 6 unspecified atom stereocenters. The van der Waals surface area contributed by atoms with Gasteiger partial charge in [0.25, 0.3) is 10.1 Å². The molecule has 0 aromatic rings. The molecular weight excluding hydrogens is 356 g/mol. The number of esters is 1. The number of carbonyl (C=O) groups is 2. The first-order chi connectivity index (χ1) is 11.3. The van der Waals surface area contributed by atoms with Crippen LogP contribution in [-0.2, 0) is 33.4 Å². The number of rotatable bonds is 7. The maximum absolute atomic E-state index is 12.0. The molecule has 1 heterocycles. The van der Waals surface area contributed by atoms with Gasteiger partial charge in [-0.05, 0) is 18.4 Å². The van der Waals surface area contributed by atoms with Gasteiger partial charge in [-0.2, -0.15) is 8.42 Å². The minimum atomic E-state index is -3.55. The summed E-state index contributed by atoms with van der Waals surface area (Å²) >= 11 is 1.06. The number of hydrogen-bond donors (Lipinski definition) is 0. The first-order valence-electron chi connectivity index (χ1n) is 7.83. The number of hydrogen-bond acceptors (Lipinski definition) is 8. The van der Waals surface area contributed by atoms with Crippen LogP contribution in [0, 0.1) is 17.8 Å². The molecule has 2 saturated carbocycles. The van der Waals surface area contributed by atoms with E-state index in [1.165, 1.54) is 6.08 Å². The van der Waals surface area contributed by atoms with Crippen molar-refractivity contribution < 1.29 is 31.7 Å². The van der Waals surface area contributed by atoms with E-state index in [0.29, 0.717) is 5.75 Å². The molecule has 3 fully saturated rings. The van der Waals surface area contributed by atoms with Gasteiger partial charge in [0.1, 0.15) is 18.8 Å². The summed E-state index contributed by atoms with van der Waals surface area (Å²) in [5.41, 5.74) is 0. The summed E-state index contributed by atoms with van der Waals surface area (Å²) in [5, 5.41) is -0.607. The van der Waals surface area contributed by atoms with Crippen molar-refractivity contribution in [2.24, 2.45) is 17.8 Å². The zero-order valence-electron chi connectivity index (χ0n) is 13.3. The lowest BCUT2D eigenvalue weighted by Gasteiger charge is -2.29. The van der Waals surface area contributed by atoms with Crippen LogP contribution in [-0.4, -0.2) is 55.9 Å². The minimum Gasteiger partial charge on any atom is -0.458 e. The van der Waals surface area contributed by atoms with Gasteiger partial charge in [-0.25, -0.2) is 4.79 Å². The molecule has 24 heavy (non-hydrogen) atoms. The molecule has 1 aliphatic heterocycles. The quantitative estimate of drug-likeness (QED) is 0.278. The third-order valence-electron chi connectivity index (χ3n) is 5.03. The number of thioether (sulfide) groups is 1. The van der Waals surface area contributed by atoms with Gasteiger partial charge in [-0.3, -0.25) is 8.98 Å². The maximum Gasteiger partial charge on any atom is 0.332 e. The molecule has 0 amide bonds. The van der Waals surface area contributed by atoms with Crippen LogP contribution < -0.4 is 0 Å². The Labute approximate surface area is 145 Å². The van der Waals surface area contributed by atoms with Crippen molar-refractivity contribution >= 4 is 33.0 Å². The monoisotopic (exact) mass is 376 g/mol. The Morgan fingerprint density at radius 1 is 1.38 bits per heavy atom. The van der Waals surface area contributed by atoms with Crippen molar-refractivity contribution in [1.82, 2.24) is 0 Å². The Balaban J connectivity index is 1.46. The highest BCUT2D eigenvalue weighted by molar-refractivity contribution is 8.14. The second-order valence-corrected chi connectivity index (χ2v) is 9.14. The van der Waals surface area contributed by atoms with Crippen LogP contribution in [0.5, 0.6) is 0 Å². The van der Waals surface area contributed by atoms with Gasteiger partial charge in [0.15, 0.2) is 0 Å². The molecule has 9 heteroatoms. The van der Waals surface area contributed by atoms with Crippen molar-refractivity contribution in [3.63, 3.8) is 0 Å². The Morgan fingerprint density at radius 2 is 2.12 bits per heavy atom. The highest BCUT2D eigenvalue weighted by Gasteiger charge is 2.68. The predicted molar refractivity (Wildman–Crippen MR) is 86.7 cm³/mol. The summed E-state index contributed by atoms with van der Waals surface area (Å²) in [5.74, 6) is -0.236. The molecule has 0 aromatic carbocycles. The largest absolute Gasteiger partial charge is 0.458 e. The van der Waals surface area contributed by atoms with E-state index in [1.807, 2.05) is 6.92 Å². The summed E-state index contributed by atoms with van der Waals surface area (Å²) in [7, 11) is -3.55. The van der Waals surface area contributed by atoms with Crippen LogP contribution in [0.4, 0.5) is 0 Å². The van der Waals surface area contributed by atoms with E-state index in [0.717, 1.165) is 18.2 Å². The third kappa shape index (κ3) is 3.14. The minimum absolute atomic E-state index is 0.0204. The summed E-state index contributed by atoms with van der Waals surface area (Å²) in [6, 6.07) is 0. The van der Waals surface area contributed by atoms with Crippen molar-refractivity contribution in [1.29, 1.82) is 0 Å². The molecule has 0 N–H and O–H groups in total. The van der Waals surface area contributed by atoms with Crippen LogP contribution in [0.25, 0.3) is 0 Å². The normalized spacial score (nSPS) is 38.2. The van der Waals surface area contributed by atoms with Gasteiger partial charge >= 0.3 is 5.97 Å². The van der Waals surface area contributed by atoms with Crippen LogP contribution >= 0.6 is 11.8 Å². The van der Waals surface area contributed by atoms with E-state index < -0.39 is 33.5 Å². The average molecular weight is 376 g/mol. The molecule has 0 aromatic heterocycles. The van der Waals surface area contributed by atoms with E-state index >= 15 is 0 Å². The average Bonchev–Trinajstić information content (AvgIpc) is 3.09. The molecule has 3 rings (SSSR count). The molecule has 2 bridgehead atoms. The summed E-state index contributed by atoms with van der Waals surface area (Å²) < 4.78 is 39.9. The Morgan fingerprint density at radius 3 is 2.83 bits per heavy atom. The molecular formula is C15H20O7S2.